The molecule has 1 aromatic heterocycles. The van der Waals surface area contributed by atoms with Gasteiger partial charge in [-0.3, -0.25) is 4.68 Å². The largest absolute Gasteiger partial charge is 0.317 e. The summed E-state index contributed by atoms with van der Waals surface area (Å²) in [6.45, 7) is 7.59. The predicted molar refractivity (Wildman–Crippen MR) is 82.7 cm³/mol. The lowest BCUT2D eigenvalue weighted by Crippen LogP contribution is -2.30. The minimum Gasteiger partial charge on any atom is -0.317 e. The number of hydrogen-bond acceptors (Lipinski definition) is 2. The van der Waals surface area contributed by atoms with E-state index in [-0.39, 0.29) is 0 Å². The molecular weight excluding hydrogens is 246 g/mol. The number of nitrogens with zero attached hydrogens (tertiary/aromatic N) is 2. The van der Waals surface area contributed by atoms with Crippen LogP contribution in [0.1, 0.15) is 24.1 Å². The van der Waals surface area contributed by atoms with Crippen LogP contribution in [0.4, 0.5) is 0 Å². The molecule has 1 N–H and O–H groups in total. The van der Waals surface area contributed by atoms with Crippen molar-refractivity contribution in [2.24, 2.45) is 5.92 Å². The van der Waals surface area contributed by atoms with E-state index in [1.54, 1.807) is 0 Å². The fraction of sp³-hybridized carbons (Fsp3) is 0.471. The molecule has 3 rings (SSSR count). The Labute approximate surface area is 121 Å². The number of aromatic nitrogens is 2. The molecule has 106 valence electrons. The fourth-order valence-electron chi connectivity index (χ4n) is 3.04. The highest BCUT2D eigenvalue weighted by molar-refractivity contribution is 5.65. The molecule has 1 aromatic carbocycles. The van der Waals surface area contributed by atoms with E-state index in [1.807, 2.05) is 0 Å². The molecule has 1 saturated heterocycles. The number of benzene rings is 1. The molecule has 3 heteroatoms. The predicted octanol–water partition coefficient (Wildman–Crippen LogP) is 3.17. The summed E-state index contributed by atoms with van der Waals surface area (Å²) in [5.41, 5.74) is 4.97. The monoisotopic (exact) mass is 269 g/mol. The van der Waals surface area contributed by atoms with Crippen LogP contribution < -0.4 is 5.32 Å². The third-order valence-corrected chi connectivity index (χ3v) is 4.18. The van der Waals surface area contributed by atoms with Gasteiger partial charge >= 0.3 is 0 Å². The Hall–Kier alpha value is -1.61. The van der Waals surface area contributed by atoms with E-state index in [4.69, 9.17) is 5.10 Å². The molecule has 0 saturated carbocycles. The summed E-state index contributed by atoms with van der Waals surface area (Å²) in [4.78, 5) is 0. The average molecular weight is 269 g/mol. The number of rotatable bonds is 3. The molecule has 0 unspecified atom stereocenters. The van der Waals surface area contributed by atoms with Gasteiger partial charge < -0.3 is 5.32 Å². The van der Waals surface area contributed by atoms with Crippen molar-refractivity contribution in [3.05, 3.63) is 41.7 Å². The van der Waals surface area contributed by atoms with Crippen molar-refractivity contribution in [3.8, 4) is 11.1 Å². The van der Waals surface area contributed by atoms with Crippen LogP contribution >= 0.6 is 0 Å². The summed E-state index contributed by atoms with van der Waals surface area (Å²) in [5.74, 6) is 0.765. The molecule has 0 bridgehead atoms. The Kier molecular flexibility index (Phi) is 3.88. The Morgan fingerprint density at radius 3 is 2.80 bits per heavy atom. The van der Waals surface area contributed by atoms with Gasteiger partial charge in [-0.05, 0) is 51.3 Å². The molecule has 2 aromatic rings. The van der Waals surface area contributed by atoms with E-state index in [0.717, 1.165) is 31.2 Å². The summed E-state index contributed by atoms with van der Waals surface area (Å²) < 4.78 is 2.14. The van der Waals surface area contributed by atoms with Crippen LogP contribution in [0.5, 0.6) is 0 Å². The second-order valence-electron chi connectivity index (χ2n) is 5.91. The van der Waals surface area contributed by atoms with Gasteiger partial charge in [-0.25, -0.2) is 0 Å². The minimum atomic E-state index is 0.765. The fourth-order valence-corrected chi connectivity index (χ4v) is 3.04. The molecular formula is C17H23N3. The van der Waals surface area contributed by atoms with Crippen molar-refractivity contribution < 1.29 is 0 Å². The highest BCUT2D eigenvalue weighted by Gasteiger charge is 2.15. The molecule has 0 spiro atoms. The first-order valence-corrected chi connectivity index (χ1v) is 7.54. The van der Waals surface area contributed by atoms with Gasteiger partial charge in [-0.2, -0.15) is 5.10 Å². The van der Waals surface area contributed by atoms with E-state index >= 15 is 0 Å². The van der Waals surface area contributed by atoms with Gasteiger partial charge in [0.1, 0.15) is 0 Å². The van der Waals surface area contributed by atoms with Gasteiger partial charge in [0.25, 0.3) is 0 Å². The molecule has 2 heterocycles. The Morgan fingerprint density at radius 1 is 1.25 bits per heavy atom. The van der Waals surface area contributed by atoms with Crippen LogP contribution in [0.25, 0.3) is 11.1 Å². The molecule has 0 amide bonds. The van der Waals surface area contributed by atoms with E-state index in [2.05, 4.69) is 54.3 Å². The number of hydrogen-bond donors (Lipinski definition) is 1. The van der Waals surface area contributed by atoms with Crippen LogP contribution in [0.2, 0.25) is 0 Å². The lowest BCUT2D eigenvalue weighted by molar-refractivity contribution is 0.321. The van der Waals surface area contributed by atoms with Crippen LogP contribution in [-0.4, -0.2) is 22.9 Å². The maximum Gasteiger partial charge on any atom is 0.0672 e. The molecule has 0 aliphatic carbocycles. The summed E-state index contributed by atoms with van der Waals surface area (Å²) in [6.07, 6.45) is 4.74. The van der Waals surface area contributed by atoms with Gasteiger partial charge in [0.2, 0.25) is 0 Å². The topological polar surface area (TPSA) is 29.9 Å². The Morgan fingerprint density at radius 2 is 2.05 bits per heavy atom. The van der Waals surface area contributed by atoms with Crippen LogP contribution in [-0.2, 0) is 6.54 Å². The third-order valence-electron chi connectivity index (χ3n) is 4.18. The highest BCUT2D eigenvalue weighted by atomic mass is 15.3. The number of nitrogens with one attached hydrogen (secondary N) is 1. The van der Waals surface area contributed by atoms with E-state index in [9.17, 15) is 0 Å². The second kappa shape index (κ2) is 5.80. The van der Waals surface area contributed by atoms with Crippen molar-refractivity contribution in [1.29, 1.82) is 0 Å². The second-order valence-corrected chi connectivity index (χ2v) is 5.91. The van der Waals surface area contributed by atoms with E-state index in [0.29, 0.717) is 0 Å². The molecule has 1 aliphatic rings. The van der Waals surface area contributed by atoms with Gasteiger partial charge in [-0.1, -0.05) is 29.8 Å². The maximum absolute atomic E-state index is 4.71. The molecule has 3 nitrogen and oxygen atoms in total. The zero-order chi connectivity index (χ0) is 13.9. The SMILES string of the molecule is Cc1cccc(-c2cn(CC3CCNCC3)nc2C)c1. The van der Waals surface area contributed by atoms with Gasteiger partial charge in [0.05, 0.1) is 5.69 Å². The van der Waals surface area contributed by atoms with Gasteiger partial charge in [-0.15, -0.1) is 0 Å². The summed E-state index contributed by atoms with van der Waals surface area (Å²) in [6, 6.07) is 8.66. The Bertz CT molecular complexity index is 580. The van der Waals surface area contributed by atoms with E-state index < -0.39 is 0 Å². The first-order chi connectivity index (χ1) is 9.72. The Balaban J connectivity index is 1.80. The molecule has 0 atom stereocenters. The normalized spacial score (nSPS) is 16.5. The van der Waals surface area contributed by atoms with E-state index in [1.165, 1.54) is 29.5 Å². The molecule has 1 aliphatic heterocycles. The van der Waals surface area contributed by atoms with Gasteiger partial charge in [0, 0.05) is 18.3 Å². The van der Waals surface area contributed by atoms with Crippen molar-refractivity contribution in [1.82, 2.24) is 15.1 Å². The summed E-state index contributed by atoms with van der Waals surface area (Å²) in [7, 11) is 0. The van der Waals surface area contributed by atoms with Crippen LogP contribution in [0.3, 0.4) is 0 Å². The molecule has 1 fully saturated rings. The zero-order valence-corrected chi connectivity index (χ0v) is 12.4. The zero-order valence-electron chi connectivity index (χ0n) is 12.4. The third kappa shape index (κ3) is 2.93. The van der Waals surface area contributed by atoms with Crippen molar-refractivity contribution in [2.75, 3.05) is 13.1 Å². The standard InChI is InChI=1S/C17H23N3/c1-13-4-3-5-16(10-13)17-12-20(19-14(17)2)11-15-6-8-18-9-7-15/h3-5,10,12,15,18H,6-9,11H2,1-2H3. The maximum atomic E-state index is 4.71. The molecule has 0 radical (unpaired) electrons. The smallest absolute Gasteiger partial charge is 0.0672 e. The molecule has 20 heavy (non-hydrogen) atoms. The first kappa shape index (κ1) is 13.4. The number of piperidine rings is 1. The number of aryl methyl sites for hydroxylation is 2. The van der Waals surface area contributed by atoms with Crippen molar-refractivity contribution >= 4 is 0 Å². The van der Waals surface area contributed by atoms with Crippen LogP contribution in [0, 0.1) is 19.8 Å². The lowest BCUT2D eigenvalue weighted by atomic mass is 9.98. The lowest BCUT2D eigenvalue weighted by Gasteiger charge is -2.22. The highest BCUT2D eigenvalue weighted by Crippen LogP contribution is 2.24. The van der Waals surface area contributed by atoms with Crippen molar-refractivity contribution in [2.45, 2.75) is 33.2 Å². The summed E-state index contributed by atoms with van der Waals surface area (Å²) >= 11 is 0. The quantitative estimate of drug-likeness (QED) is 0.927. The summed E-state index contributed by atoms with van der Waals surface area (Å²) in [5, 5.41) is 8.13. The average Bonchev–Trinajstić information content (AvgIpc) is 2.81. The van der Waals surface area contributed by atoms with Crippen LogP contribution in [0.15, 0.2) is 30.5 Å². The van der Waals surface area contributed by atoms with Gasteiger partial charge in [0.15, 0.2) is 0 Å². The van der Waals surface area contributed by atoms with Crippen molar-refractivity contribution in [3.63, 3.8) is 0 Å². The minimum absolute atomic E-state index is 0.765. The first-order valence-electron chi connectivity index (χ1n) is 7.54.